The molecule has 23 heavy (non-hydrogen) atoms. The molecule has 3 N–H and O–H groups in total. The summed E-state index contributed by atoms with van der Waals surface area (Å²) in [5, 5.41) is 10.8. The first-order valence-corrected chi connectivity index (χ1v) is 7.59. The maximum atomic E-state index is 14.0. The van der Waals surface area contributed by atoms with Crippen molar-refractivity contribution in [3.8, 4) is 22.7 Å². The summed E-state index contributed by atoms with van der Waals surface area (Å²) in [6.45, 7) is 0. The van der Waals surface area contributed by atoms with Crippen molar-refractivity contribution in [2.45, 2.75) is 31.2 Å². The van der Waals surface area contributed by atoms with Crippen molar-refractivity contribution >= 4 is 0 Å². The third-order valence-electron chi connectivity index (χ3n) is 4.38. The topological polar surface area (TPSA) is 93.6 Å². The highest BCUT2D eigenvalue weighted by Gasteiger charge is 2.36. The van der Waals surface area contributed by atoms with Crippen molar-refractivity contribution in [2.75, 3.05) is 0 Å². The van der Waals surface area contributed by atoms with Crippen molar-refractivity contribution in [2.24, 2.45) is 5.73 Å². The molecule has 0 atom stereocenters. The predicted molar refractivity (Wildman–Crippen MR) is 81.6 cm³/mol. The number of hydrogen-bond donors (Lipinski definition) is 2. The van der Waals surface area contributed by atoms with Crippen molar-refractivity contribution in [1.82, 2.24) is 20.3 Å². The Bertz CT molecular complexity index is 834. The molecule has 1 saturated carbocycles. The maximum absolute atomic E-state index is 14.0. The molecule has 0 unspecified atom stereocenters. The predicted octanol–water partition coefficient (Wildman–Crippen LogP) is 2.99. The number of nitrogens with one attached hydrogen (secondary N) is 1. The van der Waals surface area contributed by atoms with E-state index >= 15 is 0 Å². The van der Waals surface area contributed by atoms with E-state index in [-0.39, 0.29) is 5.82 Å². The Hall–Kier alpha value is -2.54. The van der Waals surface area contributed by atoms with Crippen LogP contribution in [-0.2, 0) is 5.54 Å². The van der Waals surface area contributed by atoms with Crippen molar-refractivity contribution in [3.63, 3.8) is 0 Å². The molecule has 1 aromatic carbocycles. The van der Waals surface area contributed by atoms with Gasteiger partial charge in [0.05, 0.1) is 23.0 Å². The summed E-state index contributed by atoms with van der Waals surface area (Å²) < 4.78 is 19.4. The van der Waals surface area contributed by atoms with Gasteiger partial charge in [-0.3, -0.25) is 5.10 Å². The summed E-state index contributed by atoms with van der Waals surface area (Å²) in [6.07, 6.45) is 5.37. The fraction of sp³-hybridized carbons (Fsp3) is 0.312. The van der Waals surface area contributed by atoms with Crippen LogP contribution in [0.1, 0.15) is 31.5 Å². The minimum absolute atomic E-state index is 0.295. The summed E-state index contributed by atoms with van der Waals surface area (Å²) >= 11 is 0. The van der Waals surface area contributed by atoms with Crippen LogP contribution in [0, 0.1) is 5.82 Å². The van der Waals surface area contributed by atoms with Crippen molar-refractivity contribution in [1.29, 1.82) is 0 Å². The van der Waals surface area contributed by atoms with Gasteiger partial charge in [-0.05, 0) is 25.0 Å². The maximum Gasteiger partial charge on any atom is 0.261 e. The van der Waals surface area contributed by atoms with E-state index in [9.17, 15) is 4.39 Å². The van der Waals surface area contributed by atoms with E-state index in [1.54, 1.807) is 24.4 Å². The van der Waals surface area contributed by atoms with Crippen LogP contribution in [0.5, 0.6) is 0 Å². The Labute approximate surface area is 131 Å². The fourth-order valence-electron chi connectivity index (χ4n) is 3.08. The van der Waals surface area contributed by atoms with Crippen molar-refractivity contribution in [3.05, 3.63) is 42.1 Å². The first-order chi connectivity index (χ1) is 11.2. The summed E-state index contributed by atoms with van der Waals surface area (Å²) in [7, 11) is 0. The molecule has 3 aromatic rings. The summed E-state index contributed by atoms with van der Waals surface area (Å²) in [5.74, 6) is 0.457. The molecular formula is C16H16FN5O. The third kappa shape index (κ3) is 2.33. The van der Waals surface area contributed by atoms with Gasteiger partial charge in [0.25, 0.3) is 5.89 Å². The first-order valence-electron chi connectivity index (χ1n) is 7.59. The van der Waals surface area contributed by atoms with Crippen molar-refractivity contribution < 1.29 is 8.91 Å². The molecule has 0 bridgehead atoms. The minimum atomic E-state index is -0.524. The van der Waals surface area contributed by atoms with E-state index in [0.717, 1.165) is 25.7 Å². The molecule has 1 fully saturated rings. The van der Waals surface area contributed by atoms with Crippen LogP contribution in [0.2, 0.25) is 0 Å². The van der Waals surface area contributed by atoms with E-state index in [1.165, 1.54) is 6.07 Å². The number of hydrogen-bond acceptors (Lipinski definition) is 5. The quantitative estimate of drug-likeness (QED) is 0.775. The minimum Gasteiger partial charge on any atom is -0.334 e. The highest BCUT2D eigenvalue weighted by atomic mass is 19.1. The Kier molecular flexibility index (Phi) is 3.23. The third-order valence-corrected chi connectivity index (χ3v) is 4.38. The molecule has 4 rings (SSSR count). The molecule has 7 heteroatoms. The molecule has 2 heterocycles. The Morgan fingerprint density at radius 2 is 1.96 bits per heavy atom. The molecule has 0 spiro atoms. The summed E-state index contributed by atoms with van der Waals surface area (Å²) in [6, 6.07) is 6.46. The zero-order valence-corrected chi connectivity index (χ0v) is 12.4. The molecule has 0 radical (unpaired) electrons. The van der Waals surface area contributed by atoms with E-state index in [1.807, 2.05) is 0 Å². The molecule has 6 nitrogen and oxygen atoms in total. The van der Waals surface area contributed by atoms with E-state index in [2.05, 4.69) is 20.3 Å². The van der Waals surface area contributed by atoms with Gasteiger partial charge in [0, 0.05) is 5.56 Å². The van der Waals surface area contributed by atoms with Crippen LogP contribution in [0.25, 0.3) is 22.7 Å². The summed E-state index contributed by atoms with van der Waals surface area (Å²) in [5.41, 5.74) is 7.31. The summed E-state index contributed by atoms with van der Waals surface area (Å²) in [4.78, 5) is 4.44. The van der Waals surface area contributed by atoms with Gasteiger partial charge in [-0.15, -0.1) is 0 Å². The molecule has 118 valence electrons. The second-order valence-electron chi connectivity index (χ2n) is 5.92. The van der Waals surface area contributed by atoms with Crippen LogP contribution in [-0.4, -0.2) is 20.3 Å². The average molecular weight is 313 g/mol. The SMILES string of the molecule is NC1(c2noc(-c3cn[nH]c3-c3ccccc3F)n2)CCCC1. The number of benzene rings is 1. The zero-order chi connectivity index (χ0) is 15.9. The monoisotopic (exact) mass is 313 g/mol. The highest BCUT2D eigenvalue weighted by Crippen LogP contribution is 2.36. The van der Waals surface area contributed by atoms with Gasteiger partial charge in [-0.25, -0.2) is 4.39 Å². The number of aromatic nitrogens is 4. The molecule has 0 amide bonds. The Morgan fingerprint density at radius 3 is 2.74 bits per heavy atom. The normalized spacial score (nSPS) is 16.8. The van der Waals surface area contributed by atoms with E-state index in [4.69, 9.17) is 10.3 Å². The zero-order valence-electron chi connectivity index (χ0n) is 12.4. The lowest BCUT2D eigenvalue weighted by Crippen LogP contribution is -2.34. The van der Waals surface area contributed by atoms with Gasteiger partial charge >= 0.3 is 0 Å². The van der Waals surface area contributed by atoms with Gasteiger partial charge in [-0.2, -0.15) is 10.1 Å². The van der Waals surface area contributed by atoms with E-state index < -0.39 is 5.54 Å². The van der Waals surface area contributed by atoms with Crippen LogP contribution in [0.3, 0.4) is 0 Å². The second-order valence-corrected chi connectivity index (χ2v) is 5.92. The molecule has 2 aromatic heterocycles. The van der Waals surface area contributed by atoms with Crippen LogP contribution >= 0.6 is 0 Å². The second kappa shape index (κ2) is 5.27. The number of rotatable bonds is 3. The van der Waals surface area contributed by atoms with Gasteiger partial charge < -0.3 is 10.3 Å². The van der Waals surface area contributed by atoms with Gasteiger partial charge in [-0.1, -0.05) is 30.1 Å². The lowest BCUT2D eigenvalue weighted by molar-refractivity contribution is 0.372. The number of halogens is 1. The Balaban J connectivity index is 1.75. The number of H-pyrrole nitrogens is 1. The smallest absolute Gasteiger partial charge is 0.261 e. The number of nitrogens with two attached hydrogens (primary N) is 1. The van der Waals surface area contributed by atoms with Gasteiger partial charge in [0.2, 0.25) is 0 Å². The largest absolute Gasteiger partial charge is 0.334 e. The van der Waals surface area contributed by atoms with E-state index in [0.29, 0.717) is 28.5 Å². The van der Waals surface area contributed by atoms with Gasteiger partial charge in [0.1, 0.15) is 5.82 Å². The number of aromatic amines is 1. The van der Waals surface area contributed by atoms with Crippen LogP contribution < -0.4 is 5.73 Å². The standard InChI is InChI=1S/C16H16FN5O/c17-12-6-2-1-5-10(12)13-11(9-19-21-13)14-20-15(22-23-14)16(18)7-3-4-8-16/h1-2,5-6,9H,3-4,7-8,18H2,(H,19,21). The molecule has 0 aliphatic heterocycles. The molecular weight excluding hydrogens is 297 g/mol. The molecule has 0 saturated heterocycles. The van der Waals surface area contributed by atoms with Crippen LogP contribution in [0.15, 0.2) is 35.0 Å². The number of nitrogens with zero attached hydrogens (tertiary/aromatic N) is 3. The molecule has 1 aliphatic rings. The highest BCUT2D eigenvalue weighted by molar-refractivity contribution is 5.76. The lowest BCUT2D eigenvalue weighted by atomic mass is 9.98. The Morgan fingerprint density at radius 1 is 1.17 bits per heavy atom. The lowest BCUT2D eigenvalue weighted by Gasteiger charge is -2.17. The van der Waals surface area contributed by atoms with Crippen LogP contribution in [0.4, 0.5) is 4.39 Å². The van der Waals surface area contributed by atoms with Gasteiger partial charge in [0.15, 0.2) is 5.82 Å². The fourth-order valence-corrected chi connectivity index (χ4v) is 3.08. The molecule has 1 aliphatic carbocycles. The average Bonchev–Trinajstić information content (AvgIpc) is 3.27. The first kappa shape index (κ1) is 14.1.